The molecule has 0 spiro atoms. The van der Waals surface area contributed by atoms with Crippen LogP contribution in [0.3, 0.4) is 0 Å². The van der Waals surface area contributed by atoms with Crippen LogP contribution in [0, 0.1) is 5.82 Å². The van der Waals surface area contributed by atoms with Crippen LogP contribution in [0.15, 0.2) is 48.5 Å². The van der Waals surface area contributed by atoms with E-state index < -0.39 is 5.60 Å². The predicted molar refractivity (Wildman–Crippen MR) is 99.5 cm³/mol. The highest BCUT2D eigenvalue weighted by Crippen LogP contribution is 2.46. The molecule has 2 unspecified atom stereocenters. The van der Waals surface area contributed by atoms with E-state index in [1.165, 1.54) is 17.7 Å². The molecule has 0 aromatic heterocycles. The molecule has 0 radical (unpaired) electrons. The number of ether oxygens (including phenoxy) is 1. The van der Waals surface area contributed by atoms with Crippen molar-refractivity contribution in [2.45, 2.75) is 56.8 Å². The van der Waals surface area contributed by atoms with Crippen molar-refractivity contribution in [1.82, 2.24) is 4.90 Å². The Morgan fingerprint density at radius 3 is 2.46 bits per heavy atom. The Kier molecular flexibility index (Phi) is 4.72. The minimum Gasteiger partial charge on any atom is -0.494 e. The zero-order valence-corrected chi connectivity index (χ0v) is 15.2. The fraction of sp³-hybridized carbons (Fsp3) is 0.455. The summed E-state index contributed by atoms with van der Waals surface area (Å²) in [4.78, 5) is 2.52. The molecule has 2 aliphatic rings. The smallest absolute Gasteiger partial charge is 0.127 e. The second-order valence-electron chi connectivity index (χ2n) is 7.59. The van der Waals surface area contributed by atoms with Crippen LogP contribution in [0.25, 0.3) is 0 Å². The summed E-state index contributed by atoms with van der Waals surface area (Å²) in [6, 6.07) is 15.8. The Morgan fingerprint density at radius 1 is 1.12 bits per heavy atom. The summed E-state index contributed by atoms with van der Waals surface area (Å²) in [6.45, 7) is 3.28. The topological polar surface area (TPSA) is 32.7 Å². The number of hydrogen-bond acceptors (Lipinski definition) is 3. The van der Waals surface area contributed by atoms with Crippen LogP contribution in [-0.2, 0) is 12.1 Å². The largest absolute Gasteiger partial charge is 0.494 e. The predicted octanol–water partition coefficient (Wildman–Crippen LogP) is 4.24. The van der Waals surface area contributed by atoms with Gasteiger partial charge in [0, 0.05) is 24.7 Å². The molecule has 2 heterocycles. The summed E-state index contributed by atoms with van der Waals surface area (Å²) < 4.78 is 19.5. The molecule has 2 atom stereocenters. The highest BCUT2D eigenvalue weighted by molar-refractivity contribution is 5.34. The Bertz CT molecular complexity index is 750. The fourth-order valence-corrected chi connectivity index (χ4v) is 4.69. The number of nitrogens with zero attached hydrogens (tertiary/aromatic N) is 1. The van der Waals surface area contributed by atoms with Crippen molar-refractivity contribution < 1.29 is 14.2 Å². The molecule has 4 rings (SSSR count). The van der Waals surface area contributed by atoms with Crippen LogP contribution in [0.1, 0.15) is 43.7 Å². The van der Waals surface area contributed by atoms with E-state index in [4.69, 9.17) is 4.74 Å². The van der Waals surface area contributed by atoms with E-state index in [0.29, 0.717) is 42.8 Å². The van der Waals surface area contributed by atoms with Crippen molar-refractivity contribution in [2.24, 2.45) is 0 Å². The maximum Gasteiger partial charge on any atom is 0.127 e. The Hall–Kier alpha value is -1.91. The molecule has 2 aromatic carbocycles. The molecule has 2 saturated heterocycles. The van der Waals surface area contributed by atoms with Crippen LogP contribution in [0.4, 0.5) is 4.39 Å². The van der Waals surface area contributed by atoms with Gasteiger partial charge in [0.2, 0.25) is 0 Å². The second kappa shape index (κ2) is 7.01. The number of fused-ring (bicyclic) bond motifs is 2. The van der Waals surface area contributed by atoms with E-state index in [1.807, 2.05) is 13.0 Å². The highest BCUT2D eigenvalue weighted by atomic mass is 19.1. The van der Waals surface area contributed by atoms with E-state index in [2.05, 4.69) is 29.2 Å². The lowest BCUT2D eigenvalue weighted by Gasteiger charge is -2.44. The number of hydrogen-bond donors (Lipinski definition) is 1. The number of piperidine rings is 1. The summed E-state index contributed by atoms with van der Waals surface area (Å²) in [5.41, 5.74) is 0.976. The first-order valence-corrected chi connectivity index (χ1v) is 9.53. The summed E-state index contributed by atoms with van der Waals surface area (Å²) in [7, 11) is 0. The molecule has 0 aliphatic carbocycles. The quantitative estimate of drug-likeness (QED) is 0.871. The van der Waals surface area contributed by atoms with Crippen LogP contribution >= 0.6 is 0 Å². The monoisotopic (exact) mass is 355 g/mol. The fourth-order valence-electron chi connectivity index (χ4n) is 4.69. The summed E-state index contributed by atoms with van der Waals surface area (Å²) in [6.07, 6.45) is 3.47. The normalized spacial score (nSPS) is 28.3. The number of aliphatic hydroxyl groups is 1. The van der Waals surface area contributed by atoms with Crippen LogP contribution in [0.5, 0.6) is 5.75 Å². The van der Waals surface area contributed by atoms with Crippen molar-refractivity contribution in [1.29, 1.82) is 0 Å². The van der Waals surface area contributed by atoms with Crippen molar-refractivity contribution in [3.63, 3.8) is 0 Å². The van der Waals surface area contributed by atoms with Crippen molar-refractivity contribution in [3.05, 3.63) is 65.5 Å². The van der Waals surface area contributed by atoms with Gasteiger partial charge < -0.3 is 9.84 Å². The maximum atomic E-state index is 14.0. The first-order valence-electron chi connectivity index (χ1n) is 9.53. The Balaban J connectivity index is 1.56. The second-order valence-corrected chi connectivity index (χ2v) is 7.59. The lowest BCUT2D eigenvalue weighted by atomic mass is 9.80. The standard InChI is InChI=1S/C22H26FNO2/c1-2-26-21-11-17(10-18(23)12-21)22(25)13-19-8-9-20(14-22)24(19)15-16-6-4-3-5-7-16/h3-7,10-12,19-20,25H,2,8-9,13-15H2,1H3. The number of rotatable bonds is 5. The van der Waals surface area contributed by atoms with Gasteiger partial charge >= 0.3 is 0 Å². The van der Waals surface area contributed by atoms with Gasteiger partial charge in [-0.05, 0) is 55.9 Å². The van der Waals surface area contributed by atoms with E-state index in [1.54, 1.807) is 6.07 Å². The lowest BCUT2D eigenvalue weighted by Crippen LogP contribution is -2.49. The third kappa shape index (κ3) is 3.36. The molecule has 138 valence electrons. The molecule has 0 saturated carbocycles. The maximum absolute atomic E-state index is 14.0. The molecular weight excluding hydrogens is 329 g/mol. The zero-order valence-electron chi connectivity index (χ0n) is 15.2. The first kappa shape index (κ1) is 17.5. The minimum atomic E-state index is -0.979. The average molecular weight is 355 g/mol. The summed E-state index contributed by atoms with van der Waals surface area (Å²) in [5, 5.41) is 11.4. The molecular formula is C22H26FNO2. The van der Waals surface area contributed by atoms with Gasteiger partial charge in [0.1, 0.15) is 11.6 Å². The highest BCUT2D eigenvalue weighted by Gasteiger charge is 2.48. The van der Waals surface area contributed by atoms with E-state index in [-0.39, 0.29) is 5.82 Å². The third-order valence-electron chi connectivity index (χ3n) is 5.85. The van der Waals surface area contributed by atoms with E-state index >= 15 is 0 Å². The van der Waals surface area contributed by atoms with Gasteiger partial charge in [0.15, 0.2) is 0 Å². The van der Waals surface area contributed by atoms with Crippen molar-refractivity contribution in [3.8, 4) is 5.75 Å². The summed E-state index contributed by atoms with van der Waals surface area (Å²) in [5.74, 6) is 0.147. The lowest BCUT2D eigenvalue weighted by molar-refractivity contribution is -0.0598. The summed E-state index contributed by atoms with van der Waals surface area (Å²) >= 11 is 0. The first-order chi connectivity index (χ1) is 12.6. The zero-order chi connectivity index (χ0) is 18.1. The molecule has 2 bridgehead atoms. The van der Waals surface area contributed by atoms with E-state index in [0.717, 1.165) is 19.4 Å². The number of halogens is 1. The van der Waals surface area contributed by atoms with Crippen molar-refractivity contribution >= 4 is 0 Å². The molecule has 2 aromatic rings. The third-order valence-corrected chi connectivity index (χ3v) is 5.85. The van der Waals surface area contributed by atoms with E-state index in [9.17, 15) is 9.50 Å². The van der Waals surface area contributed by atoms with Crippen molar-refractivity contribution in [2.75, 3.05) is 6.61 Å². The molecule has 4 heteroatoms. The van der Waals surface area contributed by atoms with Crippen LogP contribution in [-0.4, -0.2) is 28.7 Å². The SMILES string of the molecule is CCOc1cc(F)cc(C2(O)CC3CCC(C2)N3Cc2ccccc2)c1. The molecule has 1 N–H and O–H groups in total. The Labute approximate surface area is 154 Å². The van der Waals surface area contributed by atoms with Gasteiger partial charge in [-0.3, -0.25) is 4.90 Å². The minimum absolute atomic E-state index is 0.331. The average Bonchev–Trinajstić information content (AvgIpc) is 2.86. The van der Waals surface area contributed by atoms with Gasteiger partial charge in [-0.25, -0.2) is 4.39 Å². The molecule has 0 amide bonds. The Morgan fingerprint density at radius 2 is 1.81 bits per heavy atom. The molecule has 2 fully saturated rings. The van der Waals surface area contributed by atoms with Crippen LogP contribution in [0.2, 0.25) is 0 Å². The van der Waals surface area contributed by atoms with Gasteiger partial charge in [0.25, 0.3) is 0 Å². The van der Waals surface area contributed by atoms with Gasteiger partial charge in [-0.1, -0.05) is 30.3 Å². The number of benzene rings is 2. The van der Waals surface area contributed by atoms with Gasteiger partial charge in [-0.2, -0.15) is 0 Å². The van der Waals surface area contributed by atoms with Crippen LogP contribution < -0.4 is 4.74 Å². The molecule has 26 heavy (non-hydrogen) atoms. The van der Waals surface area contributed by atoms with Gasteiger partial charge in [-0.15, -0.1) is 0 Å². The molecule has 2 aliphatic heterocycles. The molecule has 3 nitrogen and oxygen atoms in total. The van der Waals surface area contributed by atoms with Gasteiger partial charge in [0.05, 0.1) is 12.2 Å².